The molecule has 0 bridgehead atoms. The number of nitrogens with one attached hydrogen (secondary N) is 1. The van der Waals surface area contributed by atoms with E-state index in [0.29, 0.717) is 34.6 Å². The van der Waals surface area contributed by atoms with Crippen LogP contribution in [-0.2, 0) is 0 Å². The number of likely N-dealkylation sites (N-methyl/N-ethyl adjacent to an activating group) is 1. The molecule has 7 heteroatoms. The van der Waals surface area contributed by atoms with Gasteiger partial charge >= 0.3 is 0 Å². The van der Waals surface area contributed by atoms with Gasteiger partial charge in [0, 0.05) is 36.1 Å². The number of rotatable bonds is 7. The van der Waals surface area contributed by atoms with Crippen LogP contribution in [0.2, 0.25) is 0 Å². The molecule has 0 saturated carbocycles. The summed E-state index contributed by atoms with van der Waals surface area (Å²) < 4.78 is 1.70. The molecule has 0 aliphatic heterocycles. The summed E-state index contributed by atoms with van der Waals surface area (Å²) in [6, 6.07) is 21.9. The van der Waals surface area contributed by atoms with Crippen molar-refractivity contribution < 1.29 is 14.7 Å². The summed E-state index contributed by atoms with van der Waals surface area (Å²) >= 11 is 0. The number of benzene rings is 2. The van der Waals surface area contributed by atoms with Gasteiger partial charge in [-0.25, -0.2) is 4.52 Å². The van der Waals surface area contributed by atoms with E-state index in [-0.39, 0.29) is 25.0 Å². The smallest absolute Gasteiger partial charge is 0.256 e. The Hall–Kier alpha value is -3.97. The summed E-state index contributed by atoms with van der Waals surface area (Å²) in [5.74, 6) is -0.434. The summed E-state index contributed by atoms with van der Waals surface area (Å²) in [5.41, 5.74) is 3.73. The molecule has 0 fully saturated rings. The van der Waals surface area contributed by atoms with Gasteiger partial charge < -0.3 is 15.3 Å². The van der Waals surface area contributed by atoms with Gasteiger partial charge in [-0.15, -0.1) is 0 Å². The van der Waals surface area contributed by atoms with E-state index in [0.717, 1.165) is 5.52 Å². The number of carbonyl (C=O) groups is 2. The first kappa shape index (κ1) is 21.3. The second-order valence-corrected chi connectivity index (χ2v) is 7.28. The Balaban J connectivity index is 1.77. The molecule has 162 valence electrons. The number of hydrogen-bond donors (Lipinski definition) is 2. The van der Waals surface area contributed by atoms with Crippen LogP contribution in [0.1, 0.15) is 27.6 Å². The molecule has 0 radical (unpaired) electrons. The number of hydrogen-bond acceptors (Lipinski definition) is 4. The summed E-state index contributed by atoms with van der Waals surface area (Å²) in [6.45, 7) is 2.47. The summed E-state index contributed by atoms with van der Waals surface area (Å²) in [5, 5.41) is 16.7. The Kier molecular flexibility index (Phi) is 6.28. The van der Waals surface area contributed by atoms with Crippen molar-refractivity contribution in [1.82, 2.24) is 14.5 Å². The highest BCUT2D eigenvalue weighted by atomic mass is 16.3. The molecule has 2 aromatic heterocycles. The first-order chi connectivity index (χ1) is 15.6. The predicted octanol–water partition coefficient (Wildman–Crippen LogP) is 3.71. The Labute approximate surface area is 185 Å². The second-order valence-electron chi connectivity index (χ2n) is 7.28. The average molecular weight is 428 g/mol. The van der Waals surface area contributed by atoms with Gasteiger partial charge in [0.25, 0.3) is 11.8 Å². The van der Waals surface area contributed by atoms with Gasteiger partial charge in [-0.1, -0.05) is 30.3 Å². The fourth-order valence-electron chi connectivity index (χ4n) is 3.68. The molecular formula is C25H24N4O3. The highest BCUT2D eigenvalue weighted by Crippen LogP contribution is 2.29. The van der Waals surface area contributed by atoms with Gasteiger partial charge in [0.2, 0.25) is 0 Å². The lowest BCUT2D eigenvalue weighted by molar-refractivity contribution is 0.0732. The van der Waals surface area contributed by atoms with Gasteiger partial charge in [0.1, 0.15) is 0 Å². The van der Waals surface area contributed by atoms with E-state index in [2.05, 4.69) is 10.4 Å². The molecule has 0 unspecified atom stereocenters. The minimum atomic E-state index is -0.241. The standard InChI is InChI=1S/C25H24N4O3/c1-2-28(14-15-30)25(32)22-17-21-12-7-13-26-29(21)23(22)18-8-6-9-19(16-18)24(31)27-20-10-4-3-5-11-20/h3-13,16-17,30H,2,14-15H2,1H3,(H,27,31). The maximum atomic E-state index is 13.3. The van der Waals surface area contributed by atoms with Crippen LogP contribution in [0.3, 0.4) is 0 Å². The molecule has 0 spiro atoms. The fraction of sp³-hybridized carbons (Fsp3) is 0.160. The van der Waals surface area contributed by atoms with Gasteiger partial charge in [-0.2, -0.15) is 5.10 Å². The van der Waals surface area contributed by atoms with Crippen LogP contribution in [0.4, 0.5) is 5.69 Å². The lowest BCUT2D eigenvalue weighted by Crippen LogP contribution is -2.33. The number of nitrogens with zero attached hydrogens (tertiary/aromatic N) is 3. The zero-order valence-corrected chi connectivity index (χ0v) is 17.7. The van der Waals surface area contributed by atoms with Crippen LogP contribution < -0.4 is 5.32 Å². The van der Waals surface area contributed by atoms with Crippen LogP contribution >= 0.6 is 0 Å². The number of carbonyl (C=O) groups excluding carboxylic acids is 2. The number of anilines is 1. The predicted molar refractivity (Wildman–Crippen MR) is 124 cm³/mol. The molecule has 0 aliphatic rings. The molecule has 2 N–H and O–H groups in total. The molecule has 0 atom stereocenters. The van der Waals surface area contributed by atoms with Crippen molar-refractivity contribution in [1.29, 1.82) is 0 Å². The fourth-order valence-corrected chi connectivity index (χ4v) is 3.68. The Morgan fingerprint density at radius 1 is 1.03 bits per heavy atom. The minimum absolute atomic E-state index is 0.115. The van der Waals surface area contributed by atoms with Crippen molar-refractivity contribution in [3.05, 3.63) is 90.1 Å². The molecule has 4 aromatic rings. The van der Waals surface area contributed by atoms with Crippen molar-refractivity contribution in [2.75, 3.05) is 25.0 Å². The lowest BCUT2D eigenvalue weighted by atomic mass is 10.0. The third-order valence-electron chi connectivity index (χ3n) is 5.24. The molecule has 32 heavy (non-hydrogen) atoms. The first-order valence-electron chi connectivity index (χ1n) is 10.5. The number of fused-ring (bicyclic) bond motifs is 1. The number of amides is 2. The van der Waals surface area contributed by atoms with E-state index < -0.39 is 0 Å². The van der Waals surface area contributed by atoms with Crippen LogP contribution in [-0.4, -0.2) is 51.1 Å². The number of aliphatic hydroxyl groups is 1. The number of aromatic nitrogens is 2. The van der Waals surface area contributed by atoms with E-state index in [4.69, 9.17) is 0 Å². The van der Waals surface area contributed by atoms with Crippen LogP contribution in [0.15, 0.2) is 79.0 Å². The van der Waals surface area contributed by atoms with Crippen LogP contribution in [0.5, 0.6) is 0 Å². The largest absolute Gasteiger partial charge is 0.395 e. The summed E-state index contributed by atoms with van der Waals surface area (Å²) in [7, 11) is 0. The van der Waals surface area contributed by atoms with Gasteiger partial charge in [-0.05, 0) is 49.4 Å². The van der Waals surface area contributed by atoms with Crippen molar-refractivity contribution in [3.63, 3.8) is 0 Å². The molecule has 2 heterocycles. The Morgan fingerprint density at radius 2 is 1.84 bits per heavy atom. The first-order valence-corrected chi connectivity index (χ1v) is 10.5. The summed E-state index contributed by atoms with van der Waals surface area (Å²) in [4.78, 5) is 27.7. The van der Waals surface area contributed by atoms with Gasteiger partial charge in [0.05, 0.1) is 23.4 Å². The monoisotopic (exact) mass is 428 g/mol. The summed E-state index contributed by atoms with van der Waals surface area (Å²) in [6.07, 6.45) is 1.65. The SMILES string of the molecule is CCN(CCO)C(=O)c1cc2cccnn2c1-c1cccc(C(=O)Nc2ccccc2)c1. The molecule has 0 saturated heterocycles. The zero-order valence-electron chi connectivity index (χ0n) is 17.7. The van der Waals surface area contributed by atoms with Crippen molar-refractivity contribution >= 4 is 23.0 Å². The number of aliphatic hydroxyl groups excluding tert-OH is 1. The molecule has 2 aromatic carbocycles. The molecule has 7 nitrogen and oxygen atoms in total. The molecule has 0 aliphatic carbocycles. The van der Waals surface area contributed by atoms with Gasteiger partial charge in [-0.3, -0.25) is 9.59 Å². The van der Waals surface area contributed by atoms with Crippen molar-refractivity contribution in [2.45, 2.75) is 6.92 Å². The average Bonchev–Trinajstić information content (AvgIpc) is 3.22. The highest BCUT2D eigenvalue weighted by Gasteiger charge is 2.23. The Morgan fingerprint density at radius 3 is 2.59 bits per heavy atom. The molecule has 2 amide bonds. The topological polar surface area (TPSA) is 86.9 Å². The van der Waals surface area contributed by atoms with E-state index in [9.17, 15) is 14.7 Å². The van der Waals surface area contributed by atoms with E-state index >= 15 is 0 Å². The Bertz CT molecular complexity index is 1250. The molecular weight excluding hydrogens is 404 g/mol. The van der Waals surface area contributed by atoms with Crippen LogP contribution in [0, 0.1) is 0 Å². The van der Waals surface area contributed by atoms with Crippen molar-refractivity contribution in [2.24, 2.45) is 0 Å². The highest BCUT2D eigenvalue weighted by molar-refractivity contribution is 6.06. The van der Waals surface area contributed by atoms with Crippen molar-refractivity contribution in [3.8, 4) is 11.3 Å². The number of para-hydroxylation sites is 1. The second kappa shape index (κ2) is 9.45. The normalized spacial score (nSPS) is 10.8. The zero-order chi connectivity index (χ0) is 22.5. The van der Waals surface area contributed by atoms with E-state index in [1.54, 1.807) is 39.9 Å². The van der Waals surface area contributed by atoms with Crippen LogP contribution in [0.25, 0.3) is 16.8 Å². The third-order valence-corrected chi connectivity index (χ3v) is 5.24. The minimum Gasteiger partial charge on any atom is -0.395 e. The van der Waals surface area contributed by atoms with E-state index in [1.807, 2.05) is 55.5 Å². The third kappa shape index (κ3) is 4.24. The maximum Gasteiger partial charge on any atom is 0.256 e. The quantitative estimate of drug-likeness (QED) is 0.470. The lowest BCUT2D eigenvalue weighted by Gasteiger charge is -2.20. The molecule has 4 rings (SSSR count). The van der Waals surface area contributed by atoms with Gasteiger partial charge in [0.15, 0.2) is 0 Å². The maximum absolute atomic E-state index is 13.3. The van der Waals surface area contributed by atoms with E-state index in [1.165, 1.54) is 0 Å².